The van der Waals surface area contributed by atoms with Crippen molar-refractivity contribution in [3.05, 3.63) is 48.5 Å². The molecule has 0 amide bonds. The van der Waals surface area contributed by atoms with Crippen LogP contribution in [0.15, 0.2) is 43.0 Å². The summed E-state index contributed by atoms with van der Waals surface area (Å²) in [5.74, 6) is 5.78. The molecule has 2 aromatic heterocycles. The van der Waals surface area contributed by atoms with E-state index in [9.17, 15) is 10.2 Å². The Morgan fingerprint density at radius 1 is 1.15 bits per heavy atom. The molecule has 0 spiro atoms. The number of fused-ring (bicyclic) bond motifs is 1. The predicted molar refractivity (Wildman–Crippen MR) is 95.2 cm³/mol. The molecule has 10 heteroatoms. The van der Waals surface area contributed by atoms with E-state index in [0.717, 1.165) is 5.56 Å². The lowest BCUT2D eigenvalue weighted by atomic mass is 10.1. The van der Waals surface area contributed by atoms with Crippen LogP contribution in [0.1, 0.15) is 11.8 Å². The van der Waals surface area contributed by atoms with Gasteiger partial charge in [0.15, 0.2) is 23.2 Å². The highest BCUT2D eigenvalue weighted by Gasteiger charge is 2.44. The minimum absolute atomic E-state index is 0.140. The molecule has 4 atom stereocenters. The third kappa shape index (κ3) is 3.36. The van der Waals surface area contributed by atoms with Crippen LogP contribution in [0.4, 0.5) is 5.82 Å². The van der Waals surface area contributed by atoms with Gasteiger partial charge in [0.1, 0.15) is 24.6 Å². The summed E-state index contributed by atoms with van der Waals surface area (Å²) in [7, 11) is 0. The molecule has 1 aromatic carbocycles. The molecule has 1 fully saturated rings. The van der Waals surface area contributed by atoms with Gasteiger partial charge in [0.05, 0.1) is 19.5 Å². The fourth-order valence-corrected chi connectivity index (χ4v) is 3.11. The summed E-state index contributed by atoms with van der Waals surface area (Å²) in [6.45, 7) is 0.530. The van der Waals surface area contributed by atoms with E-state index in [4.69, 9.17) is 15.3 Å². The Morgan fingerprint density at radius 3 is 2.74 bits per heavy atom. The van der Waals surface area contributed by atoms with Crippen molar-refractivity contribution in [3.8, 4) is 0 Å². The SMILES string of the molecule is NNc1ncnc2c1ncn2[C@@H]1O[C@H](COCc2ccccc2)[C@@H](O)[C@H]1O. The summed E-state index contributed by atoms with van der Waals surface area (Å²) in [5, 5.41) is 20.8. The first-order valence-electron chi connectivity index (χ1n) is 8.46. The summed E-state index contributed by atoms with van der Waals surface area (Å²) < 4.78 is 13.0. The molecule has 0 unspecified atom stereocenters. The van der Waals surface area contributed by atoms with Crippen molar-refractivity contribution in [3.63, 3.8) is 0 Å². The molecular formula is C17H20N6O4. The van der Waals surface area contributed by atoms with Crippen molar-refractivity contribution >= 4 is 17.0 Å². The van der Waals surface area contributed by atoms with E-state index in [0.29, 0.717) is 23.6 Å². The summed E-state index contributed by atoms with van der Waals surface area (Å²) in [6, 6.07) is 9.68. The maximum atomic E-state index is 10.4. The lowest BCUT2D eigenvalue weighted by Crippen LogP contribution is -2.33. The number of nitrogens with zero attached hydrogens (tertiary/aromatic N) is 4. The Balaban J connectivity index is 1.47. The van der Waals surface area contributed by atoms with Crippen molar-refractivity contribution < 1.29 is 19.7 Å². The molecule has 3 aromatic rings. The van der Waals surface area contributed by atoms with Crippen molar-refractivity contribution in [2.24, 2.45) is 5.84 Å². The van der Waals surface area contributed by atoms with Gasteiger partial charge in [0.25, 0.3) is 0 Å². The summed E-state index contributed by atoms with van der Waals surface area (Å²) in [4.78, 5) is 12.4. The topological polar surface area (TPSA) is 141 Å². The number of nitrogen functional groups attached to an aromatic ring is 1. The third-order valence-electron chi connectivity index (χ3n) is 4.50. The molecule has 5 N–H and O–H groups in total. The second-order valence-corrected chi connectivity index (χ2v) is 6.24. The third-order valence-corrected chi connectivity index (χ3v) is 4.50. The number of ether oxygens (including phenoxy) is 2. The molecule has 0 aliphatic carbocycles. The zero-order valence-corrected chi connectivity index (χ0v) is 14.3. The van der Waals surface area contributed by atoms with Gasteiger partial charge in [0, 0.05) is 0 Å². The Bertz CT molecular complexity index is 905. The number of aliphatic hydroxyl groups is 2. The molecule has 1 aliphatic rings. The predicted octanol–water partition coefficient (Wildman–Crippen LogP) is -0.0521. The number of hydrazine groups is 1. The lowest BCUT2D eigenvalue weighted by molar-refractivity contribution is -0.0682. The maximum absolute atomic E-state index is 10.4. The minimum atomic E-state index is -1.16. The summed E-state index contributed by atoms with van der Waals surface area (Å²) in [6.07, 6.45) is -0.993. The van der Waals surface area contributed by atoms with Crippen LogP contribution in [0.2, 0.25) is 0 Å². The quantitative estimate of drug-likeness (QED) is 0.346. The molecule has 3 heterocycles. The lowest BCUT2D eigenvalue weighted by Gasteiger charge is -2.16. The van der Waals surface area contributed by atoms with E-state index >= 15 is 0 Å². The van der Waals surface area contributed by atoms with Gasteiger partial charge < -0.3 is 25.1 Å². The Labute approximate surface area is 154 Å². The minimum Gasteiger partial charge on any atom is -0.387 e. The zero-order chi connectivity index (χ0) is 18.8. The number of anilines is 1. The maximum Gasteiger partial charge on any atom is 0.171 e. The van der Waals surface area contributed by atoms with E-state index in [2.05, 4.69) is 20.4 Å². The van der Waals surface area contributed by atoms with Gasteiger partial charge in [-0.1, -0.05) is 30.3 Å². The number of aliphatic hydroxyl groups excluding tert-OH is 2. The first-order chi connectivity index (χ1) is 13.2. The van der Waals surface area contributed by atoms with Crippen molar-refractivity contribution in [1.82, 2.24) is 19.5 Å². The van der Waals surface area contributed by atoms with Gasteiger partial charge in [-0.05, 0) is 5.56 Å². The molecule has 1 saturated heterocycles. The van der Waals surface area contributed by atoms with Gasteiger partial charge >= 0.3 is 0 Å². The van der Waals surface area contributed by atoms with E-state index in [1.165, 1.54) is 12.7 Å². The fourth-order valence-electron chi connectivity index (χ4n) is 3.11. The van der Waals surface area contributed by atoms with Crippen LogP contribution < -0.4 is 11.3 Å². The van der Waals surface area contributed by atoms with Crippen LogP contribution in [0.3, 0.4) is 0 Å². The zero-order valence-electron chi connectivity index (χ0n) is 14.3. The summed E-state index contributed by atoms with van der Waals surface area (Å²) in [5.41, 5.74) is 4.33. The highest BCUT2D eigenvalue weighted by molar-refractivity contribution is 5.82. The Kier molecular flexibility index (Phi) is 4.97. The van der Waals surface area contributed by atoms with Gasteiger partial charge in [-0.3, -0.25) is 4.57 Å². The number of aromatic nitrogens is 4. The van der Waals surface area contributed by atoms with Gasteiger partial charge in [0.2, 0.25) is 0 Å². The second-order valence-electron chi connectivity index (χ2n) is 6.24. The van der Waals surface area contributed by atoms with E-state index in [1.807, 2.05) is 30.3 Å². The molecule has 27 heavy (non-hydrogen) atoms. The fraction of sp³-hybridized carbons (Fsp3) is 0.353. The first-order valence-corrected chi connectivity index (χ1v) is 8.46. The second kappa shape index (κ2) is 7.55. The van der Waals surface area contributed by atoms with E-state index < -0.39 is 24.5 Å². The molecule has 0 bridgehead atoms. The number of hydrogen-bond acceptors (Lipinski definition) is 9. The molecule has 0 radical (unpaired) electrons. The summed E-state index contributed by atoms with van der Waals surface area (Å²) >= 11 is 0. The number of benzene rings is 1. The molecule has 1 aliphatic heterocycles. The smallest absolute Gasteiger partial charge is 0.171 e. The van der Waals surface area contributed by atoms with Crippen LogP contribution in [-0.2, 0) is 16.1 Å². The first kappa shape index (κ1) is 17.8. The van der Waals surface area contributed by atoms with Crippen molar-refractivity contribution in [1.29, 1.82) is 0 Å². The number of hydrogen-bond donors (Lipinski definition) is 4. The van der Waals surface area contributed by atoms with E-state index in [-0.39, 0.29) is 6.61 Å². The number of nitrogens with one attached hydrogen (secondary N) is 1. The van der Waals surface area contributed by atoms with Gasteiger partial charge in [-0.25, -0.2) is 20.8 Å². The molecule has 4 rings (SSSR count). The van der Waals surface area contributed by atoms with Crippen LogP contribution in [0.25, 0.3) is 11.2 Å². The Morgan fingerprint density at radius 2 is 1.96 bits per heavy atom. The number of nitrogens with two attached hydrogens (primary N) is 1. The Hall–Kier alpha value is -2.63. The standard InChI is InChI=1S/C17H20N6O4/c18-22-15-12-16(20-8-19-15)23(9-21-12)17-14(25)13(24)11(27-17)7-26-6-10-4-2-1-3-5-10/h1-5,8-9,11,13-14,17,24-25H,6-7,18H2,(H,19,20,22)/t11-,13-,14-,17-/m1/s1. The van der Waals surface area contributed by atoms with Crippen molar-refractivity contribution in [2.75, 3.05) is 12.0 Å². The molecule has 0 saturated carbocycles. The number of rotatable bonds is 6. The van der Waals surface area contributed by atoms with Crippen LogP contribution >= 0.6 is 0 Å². The van der Waals surface area contributed by atoms with E-state index in [1.54, 1.807) is 4.57 Å². The van der Waals surface area contributed by atoms with Crippen LogP contribution in [0.5, 0.6) is 0 Å². The number of imidazole rings is 1. The van der Waals surface area contributed by atoms with Gasteiger partial charge in [-0.2, -0.15) is 0 Å². The van der Waals surface area contributed by atoms with Crippen LogP contribution in [0, 0.1) is 0 Å². The largest absolute Gasteiger partial charge is 0.387 e. The normalized spacial score (nSPS) is 25.1. The molecule has 10 nitrogen and oxygen atoms in total. The monoisotopic (exact) mass is 372 g/mol. The average Bonchev–Trinajstić information content (AvgIpc) is 3.25. The molecule has 142 valence electrons. The van der Waals surface area contributed by atoms with Gasteiger partial charge in [-0.15, -0.1) is 0 Å². The average molecular weight is 372 g/mol. The molecular weight excluding hydrogens is 352 g/mol. The van der Waals surface area contributed by atoms with Crippen LogP contribution in [-0.4, -0.2) is 54.7 Å². The highest BCUT2D eigenvalue weighted by Crippen LogP contribution is 2.32. The van der Waals surface area contributed by atoms with Crippen molar-refractivity contribution in [2.45, 2.75) is 31.1 Å². The highest BCUT2D eigenvalue weighted by atomic mass is 16.6.